The van der Waals surface area contributed by atoms with Crippen molar-refractivity contribution in [1.29, 1.82) is 0 Å². The van der Waals surface area contributed by atoms with Crippen molar-refractivity contribution < 1.29 is 0 Å². The van der Waals surface area contributed by atoms with Gasteiger partial charge in [0.15, 0.2) is 0 Å². The molecule has 1 heterocycles. The Morgan fingerprint density at radius 1 is 1.05 bits per heavy atom. The van der Waals surface area contributed by atoms with Crippen molar-refractivity contribution in [3.63, 3.8) is 0 Å². The summed E-state index contributed by atoms with van der Waals surface area (Å²) in [5, 5.41) is 8.23. The van der Waals surface area contributed by atoms with Crippen LogP contribution in [0.15, 0.2) is 0 Å². The summed E-state index contributed by atoms with van der Waals surface area (Å²) in [5.74, 6) is 0. The zero-order valence-electron chi connectivity index (χ0n) is 12.6. The molecule has 0 aliphatic carbocycles. The SMILES string of the molecule is CCCCn1nnc(C(Cl)(Cl)C(Cl)(Cl)Cl)c1CC(C)(C)C. The van der Waals surface area contributed by atoms with Crippen LogP contribution >= 0.6 is 58.0 Å². The highest BCUT2D eigenvalue weighted by molar-refractivity contribution is 6.75. The third-order valence-electron chi connectivity index (χ3n) is 2.91. The number of alkyl halides is 5. The second-order valence-corrected chi connectivity index (χ2v) is 9.88. The van der Waals surface area contributed by atoms with Crippen LogP contribution in [-0.2, 0) is 17.3 Å². The summed E-state index contributed by atoms with van der Waals surface area (Å²) in [6.07, 6.45) is 2.70. The average Bonchev–Trinajstić information content (AvgIpc) is 2.66. The van der Waals surface area contributed by atoms with Gasteiger partial charge in [-0.25, -0.2) is 4.68 Å². The first kappa shape index (κ1) is 19.6. The Morgan fingerprint density at radius 2 is 1.62 bits per heavy atom. The number of hydrogen-bond acceptors (Lipinski definition) is 2. The normalized spacial score (nSPS) is 13.8. The minimum Gasteiger partial charge on any atom is -0.249 e. The van der Waals surface area contributed by atoms with Gasteiger partial charge < -0.3 is 0 Å². The first-order valence-corrected chi connectivity index (χ1v) is 8.66. The maximum absolute atomic E-state index is 6.27. The number of aryl methyl sites for hydroxylation is 1. The number of rotatable bonds is 5. The second-order valence-electron chi connectivity index (χ2n) is 6.27. The van der Waals surface area contributed by atoms with Gasteiger partial charge in [0, 0.05) is 6.54 Å². The predicted octanol–water partition coefficient (Wildman–Crippen LogP) is 5.67. The highest BCUT2D eigenvalue weighted by Crippen LogP contribution is 2.53. The van der Waals surface area contributed by atoms with Crippen molar-refractivity contribution in [1.82, 2.24) is 15.0 Å². The lowest BCUT2D eigenvalue weighted by Gasteiger charge is -2.28. The minimum absolute atomic E-state index is 0.00210. The Morgan fingerprint density at radius 3 is 2.05 bits per heavy atom. The highest BCUT2D eigenvalue weighted by atomic mass is 35.6. The summed E-state index contributed by atoms with van der Waals surface area (Å²) in [6, 6.07) is 0. The van der Waals surface area contributed by atoms with Crippen molar-refractivity contribution in [2.75, 3.05) is 0 Å². The zero-order valence-corrected chi connectivity index (χ0v) is 16.3. The quantitative estimate of drug-likeness (QED) is 0.602. The lowest BCUT2D eigenvalue weighted by Crippen LogP contribution is -2.31. The van der Waals surface area contributed by atoms with E-state index in [9.17, 15) is 0 Å². The van der Waals surface area contributed by atoms with Crippen molar-refractivity contribution in [3.05, 3.63) is 11.4 Å². The zero-order chi connectivity index (χ0) is 16.5. The molecule has 0 atom stereocenters. The molecule has 0 aliphatic rings. The Bertz CT molecular complexity index is 471. The van der Waals surface area contributed by atoms with Gasteiger partial charge in [0.25, 0.3) is 0 Å². The Balaban J connectivity index is 3.29. The van der Waals surface area contributed by atoms with Crippen LogP contribution in [0, 0.1) is 5.41 Å². The molecule has 0 bridgehead atoms. The Labute approximate surface area is 151 Å². The molecule has 0 spiro atoms. The molecule has 0 aromatic carbocycles. The van der Waals surface area contributed by atoms with Crippen LogP contribution in [-0.4, -0.2) is 18.8 Å². The number of nitrogens with zero attached hydrogens (tertiary/aromatic N) is 3. The lowest BCUT2D eigenvalue weighted by molar-refractivity contribution is 0.387. The van der Waals surface area contributed by atoms with Gasteiger partial charge in [-0.1, -0.05) is 97.3 Å². The molecule has 0 aliphatic heterocycles. The molecule has 0 saturated carbocycles. The molecule has 1 aromatic heterocycles. The first-order valence-electron chi connectivity index (χ1n) is 6.77. The summed E-state index contributed by atoms with van der Waals surface area (Å²) in [5.41, 5.74) is 1.13. The first-order chi connectivity index (χ1) is 9.40. The molecule has 21 heavy (non-hydrogen) atoms. The van der Waals surface area contributed by atoms with E-state index in [1.54, 1.807) is 4.68 Å². The summed E-state index contributed by atoms with van der Waals surface area (Å²) < 4.78 is -1.84. The van der Waals surface area contributed by atoms with E-state index in [0.29, 0.717) is 12.1 Å². The maximum atomic E-state index is 6.27. The van der Waals surface area contributed by atoms with Crippen molar-refractivity contribution in [2.24, 2.45) is 5.41 Å². The molecule has 3 nitrogen and oxygen atoms in total. The lowest BCUT2D eigenvalue weighted by atomic mass is 9.89. The fourth-order valence-electron chi connectivity index (χ4n) is 1.88. The summed E-state index contributed by atoms with van der Waals surface area (Å²) >= 11 is 30.3. The monoisotopic (exact) mass is 393 g/mol. The van der Waals surface area contributed by atoms with Gasteiger partial charge in [0.05, 0.1) is 5.69 Å². The molecule has 0 radical (unpaired) electrons. The van der Waals surface area contributed by atoms with Crippen LogP contribution < -0.4 is 0 Å². The van der Waals surface area contributed by atoms with Gasteiger partial charge in [0.1, 0.15) is 5.69 Å². The molecular weight excluding hydrogens is 375 g/mol. The summed E-state index contributed by atoms with van der Waals surface area (Å²) in [7, 11) is 0. The third-order valence-corrected chi connectivity index (χ3v) is 5.27. The molecule has 0 fully saturated rings. The van der Waals surface area contributed by atoms with E-state index in [1.807, 2.05) is 0 Å². The number of unbranched alkanes of at least 4 members (excludes halogenated alkanes) is 1. The van der Waals surface area contributed by atoms with Gasteiger partial charge in [-0.2, -0.15) is 0 Å². The van der Waals surface area contributed by atoms with Gasteiger partial charge >= 0.3 is 0 Å². The van der Waals surface area contributed by atoms with Gasteiger partial charge in [-0.3, -0.25) is 0 Å². The molecule has 1 rings (SSSR count). The van der Waals surface area contributed by atoms with Crippen LogP contribution in [0.4, 0.5) is 0 Å². The molecule has 0 unspecified atom stereocenters. The smallest absolute Gasteiger partial charge is 0.228 e. The van der Waals surface area contributed by atoms with Crippen LogP contribution in [0.5, 0.6) is 0 Å². The summed E-state index contributed by atoms with van der Waals surface area (Å²) in [4.78, 5) is 0. The number of aromatic nitrogens is 3. The molecule has 0 N–H and O–H groups in total. The van der Waals surface area contributed by atoms with Crippen LogP contribution in [0.25, 0.3) is 0 Å². The topological polar surface area (TPSA) is 30.7 Å². The van der Waals surface area contributed by atoms with Gasteiger partial charge in [-0.15, -0.1) is 5.10 Å². The second kappa shape index (κ2) is 7.00. The minimum atomic E-state index is -1.89. The highest BCUT2D eigenvalue weighted by Gasteiger charge is 2.51. The fraction of sp³-hybridized carbons (Fsp3) is 0.846. The molecular formula is C13H20Cl5N3. The van der Waals surface area contributed by atoms with Crippen LogP contribution in [0.2, 0.25) is 0 Å². The summed E-state index contributed by atoms with van der Waals surface area (Å²) in [6.45, 7) is 9.16. The van der Waals surface area contributed by atoms with Crippen molar-refractivity contribution in [2.45, 2.75) is 61.6 Å². The molecule has 1 aromatic rings. The fourth-order valence-corrected chi connectivity index (χ4v) is 2.44. The number of halogens is 5. The van der Waals surface area contributed by atoms with E-state index in [0.717, 1.165) is 25.1 Å². The van der Waals surface area contributed by atoms with E-state index in [4.69, 9.17) is 58.0 Å². The Hall–Kier alpha value is 0.590. The molecule has 8 heteroatoms. The van der Waals surface area contributed by atoms with E-state index in [1.165, 1.54) is 0 Å². The van der Waals surface area contributed by atoms with E-state index in [-0.39, 0.29) is 5.41 Å². The largest absolute Gasteiger partial charge is 0.249 e. The maximum Gasteiger partial charge on any atom is 0.228 e. The molecule has 0 saturated heterocycles. The van der Waals surface area contributed by atoms with E-state index >= 15 is 0 Å². The van der Waals surface area contributed by atoms with Gasteiger partial charge in [-0.05, 0) is 18.3 Å². The Kier molecular flexibility index (Phi) is 6.55. The standard InChI is InChI=1S/C13H20Cl5N3/c1-5-6-7-21-9(8-11(2,3)4)10(19-20-21)12(14,15)13(16,17)18/h5-8H2,1-4H3. The average molecular weight is 396 g/mol. The van der Waals surface area contributed by atoms with Crippen molar-refractivity contribution in [3.8, 4) is 0 Å². The van der Waals surface area contributed by atoms with E-state index < -0.39 is 8.13 Å². The predicted molar refractivity (Wildman–Crippen MR) is 91.8 cm³/mol. The molecule has 0 amide bonds. The van der Waals surface area contributed by atoms with Crippen LogP contribution in [0.1, 0.15) is 51.9 Å². The molecule has 122 valence electrons. The number of hydrogen-bond donors (Lipinski definition) is 0. The van der Waals surface area contributed by atoms with E-state index in [2.05, 4.69) is 38.0 Å². The third kappa shape index (κ3) is 5.04. The van der Waals surface area contributed by atoms with Crippen LogP contribution in [0.3, 0.4) is 0 Å². The van der Waals surface area contributed by atoms with Crippen molar-refractivity contribution >= 4 is 58.0 Å². The van der Waals surface area contributed by atoms with Gasteiger partial charge in [0.2, 0.25) is 8.13 Å².